The van der Waals surface area contributed by atoms with Crippen molar-refractivity contribution in [1.29, 1.82) is 0 Å². The number of hydrogen-bond acceptors (Lipinski definition) is 4. The number of nitrogens with one attached hydrogen (secondary N) is 1. The maximum atomic E-state index is 10.9. The predicted octanol–water partition coefficient (Wildman–Crippen LogP) is 2.46. The van der Waals surface area contributed by atoms with Crippen LogP contribution in [0.2, 0.25) is 0 Å². The van der Waals surface area contributed by atoms with E-state index in [2.05, 4.69) is 10.3 Å². The Hall–Kier alpha value is -2.56. The molecule has 2 aromatic rings. The molecule has 0 spiro atoms. The van der Waals surface area contributed by atoms with Crippen LogP contribution in [0.25, 0.3) is 0 Å². The molecule has 0 amide bonds. The van der Waals surface area contributed by atoms with Gasteiger partial charge in [-0.3, -0.25) is 4.98 Å². The highest BCUT2D eigenvalue weighted by atomic mass is 16.4. The molecule has 0 aliphatic carbocycles. The molecule has 0 aliphatic heterocycles. The van der Waals surface area contributed by atoms with Gasteiger partial charge < -0.3 is 15.3 Å². The van der Waals surface area contributed by atoms with E-state index in [1.807, 2.05) is 43.3 Å². The SMILES string of the molecule is CN(C)c1ccc(CNc2cncc(C(=O)O)c2)cc1. The van der Waals surface area contributed by atoms with Crippen LogP contribution in [0.5, 0.6) is 0 Å². The van der Waals surface area contributed by atoms with Crippen molar-refractivity contribution in [2.75, 3.05) is 24.3 Å². The van der Waals surface area contributed by atoms with E-state index < -0.39 is 5.97 Å². The fourth-order valence-corrected chi connectivity index (χ4v) is 1.77. The topological polar surface area (TPSA) is 65.5 Å². The molecule has 0 saturated carbocycles. The van der Waals surface area contributed by atoms with E-state index in [0.29, 0.717) is 12.2 Å². The summed E-state index contributed by atoms with van der Waals surface area (Å²) in [5, 5.41) is 12.1. The number of carboxylic acids is 1. The number of anilines is 2. The Kier molecular flexibility index (Phi) is 4.20. The number of aromatic nitrogens is 1. The minimum Gasteiger partial charge on any atom is -0.478 e. The number of nitrogens with zero attached hydrogens (tertiary/aromatic N) is 2. The van der Waals surface area contributed by atoms with E-state index in [9.17, 15) is 4.79 Å². The maximum Gasteiger partial charge on any atom is 0.337 e. The van der Waals surface area contributed by atoms with Crippen LogP contribution >= 0.6 is 0 Å². The van der Waals surface area contributed by atoms with E-state index in [1.165, 1.54) is 6.20 Å². The normalized spacial score (nSPS) is 10.1. The Morgan fingerprint density at radius 3 is 2.55 bits per heavy atom. The molecule has 1 aromatic carbocycles. The molecule has 0 radical (unpaired) electrons. The molecular weight excluding hydrogens is 254 g/mol. The summed E-state index contributed by atoms with van der Waals surface area (Å²) in [4.78, 5) is 16.8. The Labute approximate surface area is 117 Å². The standard InChI is InChI=1S/C15H17N3O2/c1-18(2)14-5-3-11(4-6-14)8-17-13-7-12(15(19)20)9-16-10-13/h3-7,9-10,17H,8H2,1-2H3,(H,19,20). The number of hydrogen-bond donors (Lipinski definition) is 2. The molecule has 0 bridgehead atoms. The van der Waals surface area contributed by atoms with Gasteiger partial charge in [0.1, 0.15) is 0 Å². The van der Waals surface area contributed by atoms with Crippen molar-refractivity contribution in [1.82, 2.24) is 4.98 Å². The molecule has 2 N–H and O–H groups in total. The van der Waals surface area contributed by atoms with Crippen molar-refractivity contribution in [3.05, 3.63) is 53.9 Å². The van der Waals surface area contributed by atoms with Crippen LogP contribution in [0, 0.1) is 0 Å². The number of aromatic carboxylic acids is 1. The third-order valence-electron chi connectivity index (χ3n) is 2.93. The molecule has 0 atom stereocenters. The molecular formula is C15H17N3O2. The lowest BCUT2D eigenvalue weighted by Crippen LogP contribution is -2.08. The van der Waals surface area contributed by atoms with Gasteiger partial charge in [0.2, 0.25) is 0 Å². The van der Waals surface area contributed by atoms with Crippen LogP contribution in [0.1, 0.15) is 15.9 Å². The molecule has 2 rings (SSSR count). The van der Waals surface area contributed by atoms with E-state index in [0.717, 1.165) is 11.3 Å². The van der Waals surface area contributed by atoms with E-state index >= 15 is 0 Å². The van der Waals surface area contributed by atoms with Gasteiger partial charge in [-0.05, 0) is 23.8 Å². The van der Waals surface area contributed by atoms with Crippen molar-refractivity contribution >= 4 is 17.3 Å². The quantitative estimate of drug-likeness (QED) is 0.874. The van der Waals surface area contributed by atoms with Crippen molar-refractivity contribution in [2.24, 2.45) is 0 Å². The summed E-state index contributed by atoms with van der Waals surface area (Å²) in [7, 11) is 3.99. The van der Waals surface area contributed by atoms with Gasteiger partial charge in [-0.15, -0.1) is 0 Å². The van der Waals surface area contributed by atoms with Crippen LogP contribution in [0.15, 0.2) is 42.7 Å². The summed E-state index contributed by atoms with van der Waals surface area (Å²) in [6.45, 7) is 0.623. The summed E-state index contributed by atoms with van der Waals surface area (Å²) >= 11 is 0. The molecule has 104 valence electrons. The third-order valence-corrected chi connectivity index (χ3v) is 2.93. The summed E-state index contributed by atoms with van der Waals surface area (Å²) in [6, 6.07) is 9.74. The number of carbonyl (C=O) groups is 1. The lowest BCUT2D eigenvalue weighted by Gasteiger charge is -2.13. The van der Waals surface area contributed by atoms with Crippen molar-refractivity contribution in [3.8, 4) is 0 Å². The minimum absolute atomic E-state index is 0.179. The van der Waals surface area contributed by atoms with E-state index in [1.54, 1.807) is 12.3 Å². The van der Waals surface area contributed by atoms with Crippen molar-refractivity contribution < 1.29 is 9.90 Å². The van der Waals surface area contributed by atoms with E-state index in [-0.39, 0.29) is 5.56 Å². The van der Waals surface area contributed by atoms with Gasteiger partial charge >= 0.3 is 5.97 Å². The molecule has 0 fully saturated rings. The Balaban J connectivity index is 2.01. The summed E-state index contributed by atoms with van der Waals surface area (Å²) in [6.07, 6.45) is 2.94. The zero-order chi connectivity index (χ0) is 14.5. The molecule has 0 unspecified atom stereocenters. The lowest BCUT2D eigenvalue weighted by molar-refractivity contribution is 0.0696. The first-order valence-corrected chi connectivity index (χ1v) is 6.25. The second-order valence-corrected chi connectivity index (χ2v) is 4.68. The van der Waals surface area contributed by atoms with Gasteiger partial charge in [0.05, 0.1) is 11.3 Å². The van der Waals surface area contributed by atoms with Crippen LogP contribution in [0.3, 0.4) is 0 Å². The van der Waals surface area contributed by atoms with E-state index in [4.69, 9.17) is 5.11 Å². The number of pyridine rings is 1. The highest BCUT2D eigenvalue weighted by Gasteiger charge is 2.04. The second-order valence-electron chi connectivity index (χ2n) is 4.68. The van der Waals surface area contributed by atoms with Gasteiger partial charge in [0, 0.05) is 38.7 Å². The fraction of sp³-hybridized carbons (Fsp3) is 0.200. The average molecular weight is 271 g/mol. The van der Waals surface area contributed by atoms with Crippen LogP contribution in [0.4, 0.5) is 11.4 Å². The van der Waals surface area contributed by atoms with Crippen molar-refractivity contribution in [3.63, 3.8) is 0 Å². The van der Waals surface area contributed by atoms with Crippen LogP contribution < -0.4 is 10.2 Å². The van der Waals surface area contributed by atoms with Gasteiger partial charge in [-0.25, -0.2) is 4.79 Å². The molecule has 0 saturated heterocycles. The lowest BCUT2D eigenvalue weighted by atomic mass is 10.2. The van der Waals surface area contributed by atoms with Crippen LogP contribution in [-0.4, -0.2) is 30.2 Å². The second kappa shape index (κ2) is 6.06. The molecule has 5 heteroatoms. The van der Waals surface area contributed by atoms with Crippen LogP contribution in [-0.2, 0) is 6.54 Å². The smallest absolute Gasteiger partial charge is 0.337 e. The number of carboxylic acid groups (broad SMARTS) is 1. The molecule has 20 heavy (non-hydrogen) atoms. The van der Waals surface area contributed by atoms with Gasteiger partial charge in [0.15, 0.2) is 0 Å². The molecule has 1 aromatic heterocycles. The molecule has 0 aliphatic rings. The number of rotatable bonds is 5. The van der Waals surface area contributed by atoms with Crippen molar-refractivity contribution in [2.45, 2.75) is 6.54 Å². The monoisotopic (exact) mass is 271 g/mol. The van der Waals surface area contributed by atoms with Gasteiger partial charge in [-0.1, -0.05) is 12.1 Å². The Morgan fingerprint density at radius 2 is 1.95 bits per heavy atom. The summed E-state index contributed by atoms with van der Waals surface area (Å²) in [5.74, 6) is -0.975. The predicted molar refractivity (Wildman–Crippen MR) is 79.3 cm³/mol. The minimum atomic E-state index is -0.975. The first-order valence-electron chi connectivity index (χ1n) is 6.25. The summed E-state index contributed by atoms with van der Waals surface area (Å²) < 4.78 is 0. The first kappa shape index (κ1) is 13.9. The Bertz CT molecular complexity index is 594. The Morgan fingerprint density at radius 1 is 1.25 bits per heavy atom. The fourth-order valence-electron chi connectivity index (χ4n) is 1.77. The highest BCUT2D eigenvalue weighted by Crippen LogP contribution is 2.14. The number of benzene rings is 1. The van der Waals surface area contributed by atoms with Gasteiger partial charge in [-0.2, -0.15) is 0 Å². The maximum absolute atomic E-state index is 10.9. The molecule has 5 nitrogen and oxygen atoms in total. The van der Waals surface area contributed by atoms with Gasteiger partial charge in [0.25, 0.3) is 0 Å². The molecule has 1 heterocycles. The zero-order valence-corrected chi connectivity index (χ0v) is 11.5. The average Bonchev–Trinajstić information content (AvgIpc) is 2.46. The first-order chi connectivity index (χ1) is 9.56. The largest absolute Gasteiger partial charge is 0.478 e. The summed E-state index contributed by atoms with van der Waals surface area (Å²) in [5.41, 5.74) is 3.14. The third kappa shape index (κ3) is 3.47. The highest BCUT2D eigenvalue weighted by molar-refractivity contribution is 5.88. The zero-order valence-electron chi connectivity index (χ0n) is 11.5.